The van der Waals surface area contributed by atoms with Gasteiger partial charge in [0.1, 0.15) is 9.84 Å². The van der Waals surface area contributed by atoms with E-state index in [9.17, 15) is 8.42 Å². The zero-order valence-corrected chi connectivity index (χ0v) is 10.5. The van der Waals surface area contributed by atoms with Gasteiger partial charge in [0.15, 0.2) is 0 Å². The molecule has 1 fully saturated rings. The molecule has 2 heterocycles. The SMILES string of the molecule is COc1ccc(NC2CCS(=O)(=O)CC2)cn1. The van der Waals surface area contributed by atoms with E-state index in [1.54, 1.807) is 19.4 Å². The highest BCUT2D eigenvalue weighted by Crippen LogP contribution is 2.18. The average Bonchev–Trinajstić information content (AvgIpc) is 2.33. The first-order valence-electron chi connectivity index (χ1n) is 5.56. The molecule has 0 unspecified atom stereocenters. The van der Waals surface area contributed by atoms with E-state index in [0.29, 0.717) is 18.7 Å². The first kappa shape index (κ1) is 12.2. The summed E-state index contributed by atoms with van der Waals surface area (Å²) in [6.07, 6.45) is 3.02. The Kier molecular flexibility index (Phi) is 3.51. The van der Waals surface area contributed by atoms with Crippen molar-refractivity contribution in [1.29, 1.82) is 0 Å². The fourth-order valence-corrected chi connectivity index (χ4v) is 3.35. The van der Waals surface area contributed by atoms with Crippen molar-refractivity contribution in [3.8, 4) is 5.88 Å². The molecular weight excluding hydrogens is 240 g/mol. The molecule has 1 aromatic heterocycles. The number of nitrogens with one attached hydrogen (secondary N) is 1. The fraction of sp³-hybridized carbons (Fsp3) is 0.545. The van der Waals surface area contributed by atoms with Crippen LogP contribution in [0.4, 0.5) is 5.69 Å². The van der Waals surface area contributed by atoms with Gasteiger partial charge in [-0.3, -0.25) is 0 Å². The van der Waals surface area contributed by atoms with Crippen molar-refractivity contribution >= 4 is 15.5 Å². The predicted molar refractivity (Wildman–Crippen MR) is 66.1 cm³/mol. The second kappa shape index (κ2) is 4.91. The minimum absolute atomic E-state index is 0.216. The van der Waals surface area contributed by atoms with Crippen LogP contribution in [0.3, 0.4) is 0 Å². The number of methoxy groups -OCH3 is 1. The first-order valence-corrected chi connectivity index (χ1v) is 7.38. The molecule has 0 atom stereocenters. The monoisotopic (exact) mass is 256 g/mol. The molecule has 1 aliphatic rings. The summed E-state index contributed by atoms with van der Waals surface area (Å²) in [5.74, 6) is 1.12. The summed E-state index contributed by atoms with van der Waals surface area (Å²) in [5.41, 5.74) is 0.898. The summed E-state index contributed by atoms with van der Waals surface area (Å²) in [7, 11) is -1.22. The van der Waals surface area contributed by atoms with Crippen LogP contribution in [0.1, 0.15) is 12.8 Å². The fourth-order valence-electron chi connectivity index (χ4n) is 1.86. The van der Waals surface area contributed by atoms with Crippen molar-refractivity contribution < 1.29 is 13.2 Å². The Labute approximate surface area is 101 Å². The summed E-state index contributed by atoms with van der Waals surface area (Å²) >= 11 is 0. The van der Waals surface area contributed by atoms with Gasteiger partial charge in [0.25, 0.3) is 0 Å². The molecule has 6 heteroatoms. The topological polar surface area (TPSA) is 68.3 Å². The molecule has 0 spiro atoms. The zero-order valence-electron chi connectivity index (χ0n) is 9.72. The maximum atomic E-state index is 11.3. The molecular formula is C11H16N2O3S. The number of hydrogen-bond acceptors (Lipinski definition) is 5. The van der Waals surface area contributed by atoms with Crippen LogP contribution in [0.2, 0.25) is 0 Å². The number of anilines is 1. The highest BCUT2D eigenvalue weighted by molar-refractivity contribution is 7.91. The molecule has 1 aliphatic heterocycles. The van der Waals surface area contributed by atoms with Gasteiger partial charge in [-0.05, 0) is 18.9 Å². The molecule has 0 saturated carbocycles. The molecule has 94 valence electrons. The molecule has 1 aromatic rings. The summed E-state index contributed by atoms with van der Waals surface area (Å²) in [4.78, 5) is 4.09. The third-order valence-corrected chi connectivity index (χ3v) is 4.59. The lowest BCUT2D eigenvalue weighted by atomic mass is 10.1. The van der Waals surface area contributed by atoms with E-state index < -0.39 is 9.84 Å². The summed E-state index contributed by atoms with van der Waals surface area (Å²) in [6, 6.07) is 3.88. The Morgan fingerprint density at radius 2 is 2.06 bits per heavy atom. The van der Waals surface area contributed by atoms with Gasteiger partial charge in [0.05, 0.1) is 30.5 Å². The van der Waals surface area contributed by atoms with E-state index in [4.69, 9.17) is 4.74 Å². The van der Waals surface area contributed by atoms with Crippen molar-refractivity contribution in [2.24, 2.45) is 0 Å². The summed E-state index contributed by atoms with van der Waals surface area (Å²) in [5, 5.41) is 3.29. The molecule has 17 heavy (non-hydrogen) atoms. The lowest BCUT2D eigenvalue weighted by molar-refractivity contribution is 0.398. The molecule has 1 N–H and O–H groups in total. The van der Waals surface area contributed by atoms with E-state index in [1.165, 1.54) is 0 Å². The van der Waals surface area contributed by atoms with Crippen LogP contribution >= 0.6 is 0 Å². The molecule has 0 radical (unpaired) electrons. The van der Waals surface area contributed by atoms with Gasteiger partial charge in [-0.25, -0.2) is 13.4 Å². The third kappa shape index (κ3) is 3.33. The van der Waals surface area contributed by atoms with E-state index in [0.717, 1.165) is 5.69 Å². The van der Waals surface area contributed by atoms with Crippen molar-refractivity contribution in [3.05, 3.63) is 18.3 Å². The quantitative estimate of drug-likeness (QED) is 0.876. The van der Waals surface area contributed by atoms with Crippen molar-refractivity contribution in [2.45, 2.75) is 18.9 Å². The highest BCUT2D eigenvalue weighted by Gasteiger charge is 2.23. The Bertz CT molecular complexity index is 456. The molecule has 0 aromatic carbocycles. The summed E-state index contributed by atoms with van der Waals surface area (Å²) < 4.78 is 27.5. The number of sulfone groups is 1. The smallest absolute Gasteiger partial charge is 0.213 e. The predicted octanol–water partition coefficient (Wildman–Crippen LogP) is 1.08. The van der Waals surface area contributed by atoms with Crippen LogP contribution in [0.25, 0.3) is 0 Å². The lowest BCUT2D eigenvalue weighted by Gasteiger charge is -2.23. The van der Waals surface area contributed by atoms with Crippen LogP contribution in [0, 0.1) is 0 Å². The largest absolute Gasteiger partial charge is 0.481 e. The second-order valence-electron chi connectivity index (χ2n) is 4.16. The normalized spacial score (nSPS) is 19.8. The van der Waals surface area contributed by atoms with Crippen molar-refractivity contribution in [1.82, 2.24) is 4.98 Å². The van der Waals surface area contributed by atoms with Gasteiger partial charge >= 0.3 is 0 Å². The maximum absolute atomic E-state index is 11.3. The number of nitrogens with zero attached hydrogens (tertiary/aromatic N) is 1. The Balaban J connectivity index is 1.93. The van der Waals surface area contributed by atoms with Crippen LogP contribution in [-0.2, 0) is 9.84 Å². The van der Waals surface area contributed by atoms with Gasteiger partial charge in [-0.1, -0.05) is 0 Å². The molecule has 5 nitrogen and oxygen atoms in total. The second-order valence-corrected chi connectivity index (χ2v) is 6.46. The maximum Gasteiger partial charge on any atom is 0.213 e. The van der Waals surface area contributed by atoms with Gasteiger partial charge in [-0.15, -0.1) is 0 Å². The number of aromatic nitrogens is 1. The molecule has 0 bridgehead atoms. The molecule has 1 saturated heterocycles. The number of ether oxygens (including phenoxy) is 1. The third-order valence-electron chi connectivity index (χ3n) is 2.87. The van der Waals surface area contributed by atoms with Crippen LogP contribution in [0.15, 0.2) is 18.3 Å². The standard InChI is InChI=1S/C11H16N2O3S/c1-16-11-3-2-10(8-12-11)13-9-4-6-17(14,15)7-5-9/h2-3,8-9,13H,4-7H2,1H3. The Hall–Kier alpha value is -1.30. The van der Waals surface area contributed by atoms with Gasteiger partial charge < -0.3 is 10.1 Å². The van der Waals surface area contributed by atoms with E-state index in [1.807, 2.05) is 6.07 Å². The van der Waals surface area contributed by atoms with Crippen molar-refractivity contribution in [2.75, 3.05) is 23.9 Å². The van der Waals surface area contributed by atoms with E-state index >= 15 is 0 Å². The first-order chi connectivity index (χ1) is 8.09. The number of hydrogen-bond donors (Lipinski definition) is 1. The van der Waals surface area contributed by atoms with Crippen molar-refractivity contribution in [3.63, 3.8) is 0 Å². The Morgan fingerprint density at radius 3 is 2.59 bits per heavy atom. The molecule has 2 rings (SSSR count). The van der Waals surface area contributed by atoms with Crippen LogP contribution < -0.4 is 10.1 Å². The zero-order chi connectivity index (χ0) is 12.3. The minimum Gasteiger partial charge on any atom is -0.481 e. The van der Waals surface area contributed by atoms with Crippen LogP contribution in [-0.4, -0.2) is 38.1 Å². The highest BCUT2D eigenvalue weighted by atomic mass is 32.2. The molecule has 0 amide bonds. The van der Waals surface area contributed by atoms with Gasteiger partial charge in [0, 0.05) is 12.1 Å². The summed E-state index contributed by atoms with van der Waals surface area (Å²) in [6.45, 7) is 0. The van der Waals surface area contributed by atoms with Crippen LogP contribution in [0.5, 0.6) is 5.88 Å². The van der Waals surface area contributed by atoms with E-state index in [2.05, 4.69) is 10.3 Å². The lowest BCUT2D eigenvalue weighted by Crippen LogP contribution is -2.32. The van der Waals surface area contributed by atoms with Gasteiger partial charge in [-0.2, -0.15) is 0 Å². The van der Waals surface area contributed by atoms with E-state index in [-0.39, 0.29) is 17.5 Å². The number of pyridine rings is 1. The average molecular weight is 256 g/mol. The minimum atomic E-state index is -2.79. The molecule has 0 aliphatic carbocycles. The Morgan fingerprint density at radius 1 is 1.35 bits per heavy atom. The van der Waals surface area contributed by atoms with Gasteiger partial charge in [0.2, 0.25) is 5.88 Å². The number of rotatable bonds is 3.